The van der Waals surface area contributed by atoms with Crippen LogP contribution in [0.5, 0.6) is 0 Å². The van der Waals surface area contributed by atoms with Crippen LogP contribution in [0.15, 0.2) is 21.5 Å². The summed E-state index contributed by atoms with van der Waals surface area (Å²) in [6.07, 6.45) is 2.47. The number of nitrogens with zero attached hydrogens (tertiary/aromatic N) is 1. The van der Waals surface area contributed by atoms with Crippen LogP contribution in [0.4, 0.5) is 5.69 Å². The van der Waals surface area contributed by atoms with Crippen molar-refractivity contribution < 1.29 is 17.9 Å². The molecule has 0 radical (unpaired) electrons. The third-order valence-corrected chi connectivity index (χ3v) is 6.01. The number of nitrogens with one attached hydrogen (secondary N) is 1. The summed E-state index contributed by atoms with van der Waals surface area (Å²) in [5.41, 5.74) is 1.43. The van der Waals surface area contributed by atoms with Crippen LogP contribution in [0, 0.1) is 5.92 Å². The zero-order chi connectivity index (χ0) is 16.6. The van der Waals surface area contributed by atoms with Gasteiger partial charge in [-0.05, 0) is 37.0 Å². The van der Waals surface area contributed by atoms with Crippen LogP contribution in [-0.2, 0) is 26.0 Å². The molecule has 1 aliphatic heterocycles. The fourth-order valence-corrected chi connectivity index (χ4v) is 4.74. The maximum absolute atomic E-state index is 12.6. The van der Waals surface area contributed by atoms with Gasteiger partial charge in [-0.25, -0.2) is 13.1 Å². The van der Waals surface area contributed by atoms with Crippen molar-refractivity contribution in [2.45, 2.75) is 24.2 Å². The number of hydrogen-bond acceptors (Lipinski definition) is 4. The lowest BCUT2D eigenvalue weighted by Crippen LogP contribution is -2.33. The van der Waals surface area contributed by atoms with Gasteiger partial charge in [0.2, 0.25) is 15.9 Å². The molecule has 0 saturated heterocycles. The molecule has 1 fully saturated rings. The first-order chi connectivity index (χ1) is 10.9. The van der Waals surface area contributed by atoms with E-state index in [0.717, 1.165) is 18.4 Å². The van der Waals surface area contributed by atoms with Crippen molar-refractivity contribution in [3.05, 3.63) is 22.2 Å². The molecule has 6 nitrogen and oxygen atoms in total. The van der Waals surface area contributed by atoms with E-state index in [1.54, 1.807) is 11.0 Å². The molecular weight excluding hydrogens is 384 g/mol. The molecule has 0 aromatic heterocycles. The van der Waals surface area contributed by atoms with Crippen molar-refractivity contribution in [2.75, 3.05) is 31.7 Å². The van der Waals surface area contributed by atoms with Gasteiger partial charge in [-0.15, -0.1) is 0 Å². The van der Waals surface area contributed by atoms with E-state index in [1.165, 1.54) is 7.11 Å². The molecule has 1 aromatic carbocycles. The lowest BCUT2D eigenvalue weighted by molar-refractivity contribution is -0.119. The normalized spacial score (nSPS) is 17.4. The van der Waals surface area contributed by atoms with Gasteiger partial charge >= 0.3 is 0 Å². The Morgan fingerprint density at radius 3 is 2.83 bits per heavy atom. The summed E-state index contributed by atoms with van der Waals surface area (Å²) in [6, 6.07) is 3.45. The Morgan fingerprint density at radius 1 is 1.43 bits per heavy atom. The highest BCUT2D eigenvalue weighted by Crippen LogP contribution is 2.41. The summed E-state index contributed by atoms with van der Waals surface area (Å²) < 4.78 is 33.4. The van der Waals surface area contributed by atoms with Crippen LogP contribution in [0.25, 0.3) is 0 Å². The van der Waals surface area contributed by atoms with E-state index in [-0.39, 0.29) is 23.3 Å². The quantitative estimate of drug-likeness (QED) is 0.734. The summed E-state index contributed by atoms with van der Waals surface area (Å²) in [6.45, 7) is 1.03. The van der Waals surface area contributed by atoms with E-state index in [2.05, 4.69) is 20.7 Å². The van der Waals surface area contributed by atoms with Crippen LogP contribution in [0.1, 0.15) is 18.4 Å². The van der Waals surface area contributed by atoms with Crippen molar-refractivity contribution in [3.63, 3.8) is 0 Å². The van der Waals surface area contributed by atoms with E-state index < -0.39 is 10.0 Å². The smallest absolute Gasteiger partial charge is 0.242 e. The molecule has 1 heterocycles. The Labute approximate surface area is 144 Å². The molecular formula is C15H19BrN2O4S. The SMILES string of the molecule is COCCNS(=O)(=O)c1cc(Br)cc2c1N(C(=O)C1CC1)CC2. The minimum atomic E-state index is -3.71. The highest BCUT2D eigenvalue weighted by molar-refractivity contribution is 9.10. The maximum atomic E-state index is 12.6. The average Bonchev–Trinajstić information content (AvgIpc) is 3.26. The van der Waals surface area contributed by atoms with Crippen LogP contribution in [0.3, 0.4) is 0 Å². The first kappa shape index (κ1) is 16.9. The molecule has 8 heteroatoms. The van der Waals surface area contributed by atoms with Gasteiger partial charge in [0, 0.05) is 30.6 Å². The van der Waals surface area contributed by atoms with Crippen LogP contribution >= 0.6 is 15.9 Å². The first-order valence-corrected chi connectivity index (χ1v) is 9.84. The summed E-state index contributed by atoms with van der Waals surface area (Å²) >= 11 is 3.37. The Balaban J connectivity index is 1.98. The number of benzene rings is 1. The number of ether oxygens (including phenoxy) is 1. The van der Waals surface area contributed by atoms with Gasteiger partial charge in [-0.1, -0.05) is 15.9 Å². The molecule has 2 aliphatic rings. The number of fused-ring (bicyclic) bond motifs is 1. The van der Waals surface area contributed by atoms with E-state index in [9.17, 15) is 13.2 Å². The van der Waals surface area contributed by atoms with E-state index in [0.29, 0.717) is 29.7 Å². The van der Waals surface area contributed by atoms with Gasteiger partial charge in [0.15, 0.2) is 0 Å². The summed E-state index contributed by atoms with van der Waals surface area (Å²) in [7, 11) is -2.19. The molecule has 1 N–H and O–H groups in total. The number of carbonyl (C=O) groups excluding carboxylic acids is 1. The summed E-state index contributed by atoms with van der Waals surface area (Å²) in [4.78, 5) is 14.3. The summed E-state index contributed by atoms with van der Waals surface area (Å²) in [5.74, 6) is 0.0982. The first-order valence-electron chi connectivity index (χ1n) is 7.56. The molecule has 1 saturated carbocycles. The highest BCUT2D eigenvalue weighted by Gasteiger charge is 2.39. The van der Waals surface area contributed by atoms with Gasteiger partial charge in [-0.2, -0.15) is 0 Å². The minimum Gasteiger partial charge on any atom is -0.383 e. The molecule has 0 bridgehead atoms. The topological polar surface area (TPSA) is 75.7 Å². The number of anilines is 1. The number of sulfonamides is 1. The second-order valence-corrected chi connectivity index (χ2v) is 8.47. The van der Waals surface area contributed by atoms with Gasteiger partial charge in [0.05, 0.1) is 12.3 Å². The zero-order valence-electron chi connectivity index (χ0n) is 12.8. The van der Waals surface area contributed by atoms with E-state index in [4.69, 9.17) is 4.74 Å². The van der Waals surface area contributed by atoms with Crippen LogP contribution in [0.2, 0.25) is 0 Å². The molecule has 1 amide bonds. The largest absolute Gasteiger partial charge is 0.383 e. The molecule has 1 aromatic rings. The Hall–Kier alpha value is -0.960. The van der Waals surface area contributed by atoms with Crippen molar-refractivity contribution in [3.8, 4) is 0 Å². The second kappa shape index (κ2) is 6.51. The van der Waals surface area contributed by atoms with Gasteiger partial charge in [-0.3, -0.25) is 4.79 Å². The van der Waals surface area contributed by atoms with Gasteiger partial charge < -0.3 is 9.64 Å². The molecule has 126 valence electrons. The number of methoxy groups -OCH3 is 1. The zero-order valence-corrected chi connectivity index (χ0v) is 15.2. The molecule has 0 spiro atoms. The van der Waals surface area contributed by atoms with Crippen molar-refractivity contribution in [1.29, 1.82) is 0 Å². The Morgan fingerprint density at radius 2 is 2.17 bits per heavy atom. The highest BCUT2D eigenvalue weighted by atomic mass is 79.9. The molecule has 23 heavy (non-hydrogen) atoms. The average molecular weight is 403 g/mol. The standard InChI is InChI=1S/C15H19BrN2O4S/c1-22-7-5-17-23(20,21)13-9-12(16)8-11-4-6-18(14(11)13)15(19)10-2-3-10/h8-10,17H,2-7H2,1H3. The maximum Gasteiger partial charge on any atom is 0.242 e. The fourth-order valence-electron chi connectivity index (χ4n) is 2.80. The number of rotatable bonds is 6. The lowest BCUT2D eigenvalue weighted by Gasteiger charge is -2.21. The second-order valence-electron chi connectivity index (χ2n) is 5.82. The molecule has 3 rings (SSSR count). The third kappa shape index (κ3) is 3.45. The van der Waals surface area contributed by atoms with Crippen molar-refractivity contribution in [2.24, 2.45) is 5.92 Å². The van der Waals surface area contributed by atoms with E-state index >= 15 is 0 Å². The van der Waals surface area contributed by atoms with Gasteiger partial charge in [0.1, 0.15) is 4.90 Å². The predicted molar refractivity (Wildman–Crippen MR) is 90.0 cm³/mol. The van der Waals surface area contributed by atoms with Crippen LogP contribution < -0.4 is 9.62 Å². The Bertz CT molecular complexity index is 731. The van der Waals surface area contributed by atoms with Crippen LogP contribution in [-0.4, -0.2) is 41.1 Å². The number of amides is 1. The molecule has 0 atom stereocenters. The summed E-state index contributed by atoms with van der Waals surface area (Å²) in [5, 5.41) is 0. The minimum absolute atomic E-state index is 0.0411. The Kier molecular flexibility index (Phi) is 4.78. The van der Waals surface area contributed by atoms with E-state index in [1.807, 2.05) is 6.07 Å². The number of hydrogen-bond donors (Lipinski definition) is 1. The number of halogens is 1. The lowest BCUT2D eigenvalue weighted by atomic mass is 10.2. The van der Waals surface area contributed by atoms with Crippen molar-refractivity contribution >= 4 is 37.5 Å². The van der Waals surface area contributed by atoms with Gasteiger partial charge in [0.25, 0.3) is 0 Å². The number of carbonyl (C=O) groups is 1. The van der Waals surface area contributed by atoms with Crippen molar-refractivity contribution in [1.82, 2.24) is 4.72 Å². The monoisotopic (exact) mass is 402 g/mol. The third-order valence-electron chi connectivity index (χ3n) is 4.07. The molecule has 0 unspecified atom stereocenters. The fraction of sp³-hybridized carbons (Fsp3) is 0.533. The molecule has 1 aliphatic carbocycles. The predicted octanol–water partition coefficient (Wildman–Crippen LogP) is 1.67.